The van der Waals surface area contributed by atoms with E-state index in [9.17, 15) is 23.2 Å². The Balaban J connectivity index is 1.34. The molecule has 184 valence electrons. The third-order valence-corrected chi connectivity index (χ3v) is 6.76. The topological polar surface area (TPSA) is 88.2 Å². The monoisotopic (exact) mass is 485 g/mol. The molecule has 0 spiro atoms. The molecule has 8 nitrogen and oxygen atoms in total. The summed E-state index contributed by atoms with van der Waals surface area (Å²) in [5.41, 5.74) is -1.23. The molecule has 1 N–H and O–H groups in total. The van der Waals surface area contributed by atoms with Crippen LogP contribution in [0.2, 0.25) is 0 Å². The molecule has 35 heavy (non-hydrogen) atoms. The molecule has 2 fully saturated rings. The fourth-order valence-electron chi connectivity index (χ4n) is 4.93. The summed E-state index contributed by atoms with van der Waals surface area (Å²) in [7, 11) is 0. The Morgan fingerprint density at radius 3 is 2.66 bits per heavy atom. The second kappa shape index (κ2) is 8.83. The Morgan fingerprint density at radius 1 is 1.09 bits per heavy atom. The number of nitrogens with zero attached hydrogens (tertiary/aromatic N) is 2. The van der Waals surface area contributed by atoms with Crippen molar-refractivity contribution in [3.63, 3.8) is 0 Å². The number of nitrogens with one attached hydrogen (secondary N) is 1. The Hall–Kier alpha value is -3.69. The van der Waals surface area contributed by atoms with Crippen LogP contribution in [-0.2, 0) is 15.1 Å². The largest absolute Gasteiger partial charge is 0.490 e. The first kappa shape index (κ1) is 23.1. The molecule has 0 radical (unpaired) electrons. The molecule has 3 aliphatic rings. The zero-order chi connectivity index (χ0) is 24.7. The summed E-state index contributed by atoms with van der Waals surface area (Å²) in [5, 5.41) is 2.42. The Labute approximate surface area is 200 Å². The van der Waals surface area contributed by atoms with Crippen molar-refractivity contribution in [2.75, 3.05) is 26.3 Å². The lowest BCUT2D eigenvalue weighted by molar-refractivity contribution is -0.139. The van der Waals surface area contributed by atoms with Gasteiger partial charge in [-0.25, -0.2) is 13.6 Å². The number of rotatable bonds is 4. The van der Waals surface area contributed by atoms with Gasteiger partial charge in [0.1, 0.15) is 23.7 Å². The predicted octanol–water partition coefficient (Wildman–Crippen LogP) is 3.26. The number of ether oxygens (including phenoxy) is 2. The highest BCUT2D eigenvalue weighted by molar-refractivity contribution is 6.09. The molecular formula is C25H25F2N3O5. The third kappa shape index (κ3) is 4.06. The number of hydrogen-bond acceptors (Lipinski definition) is 5. The number of carbonyl (C=O) groups excluding carboxylic acids is 3. The van der Waals surface area contributed by atoms with E-state index in [0.29, 0.717) is 31.3 Å². The van der Waals surface area contributed by atoms with Crippen LogP contribution in [-0.4, -0.2) is 53.9 Å². The van der Waals surface area contributed by atoms with Gasteiger partial charge in [0.2, 0.25) is 5.91 Å². The number of imide groups is 1. The van der Waals surface area contributed by atoms with Gasteiger partial charge >= 0.3 is 6.03 Å². The number of carbonyl (C=O) groups is 3. The minimum Gasteiger partial charge on any atom is -0.490 e. The summed E-state index contributed by atoms with van der Waals surface area (Å²) in [6.45, 7) is 2.38. The molecule has 0 bridgehead atoms. The minimum absolute atomic E-state index is 0.243. The summed E-state index contributed by atoms with van der Waals surface area (Å²) in [4.78, 5) is 41.4. The van der Waals surface area contributed by atoms with E-state index in [0.717, 1.165) is 47.9 Å². The van der Waals surface area contributed by atoms with Gasteiger partial charge in [-0.1, -0.05) is 6.07 Å². The van der Waals surface area contributed by atoms with Crippen molar-refractivity contribution in [1.82, 2.24) is 15.1 Å². The maximum Gasteiger partial charge on any atom is 0.325 e. The van der Waals surface area contributed by atoms with E-state index >= 15 is 0 Å². The van der Waals surface area contributed by atoms with Crippen LogP contribution in [0, 0.1) is 11.6 Å². The predicted molar refractivity (Wildman–Crippen MR) is 120 cm³/mol. The van der Waals surface area contributed by atoms with E-state index in [4.69, 9.17) is 9.47 Å². The molecule has 0 aromatic heterocycles. The highest BCUT2D eigenvalue weighted by Crippen LogP contribution is 2.38. The molecule has 2 saturated heterocycles. The van der Waals surface area contributed by atoms with Crippen molar-refractivity contribution in [2.45, 2.75) is 37.8 Å². The molecule has 2 atom stereocenters. The van der Waals surface area contributed by atoms with Crippen molar-refractivity contribution < 1.29 is 32.6 Å². The lowest BCUT2D eigenvalue weighted by Gasteiger charge is -2.27. The first-order chi connectivity index (χ1) is 16.8. The molecule has 2 aromatic carbocycles. The molecule has 0 unspecified atom stereocenters. The summed E-state index contributed by atoms with van der Waals surface area (Å²) in [5.74, 6) is -1.51. The number of halogens is 2. The van der Waals surface area contributed by atoms with Crippen LogP contribution in [0.1, 0.15) is 43.4 Å². The van der Waals surface area contributed by atoms with Gasteiger partial charge in [-0.15, -0.1) is 0 Å². The number of urea groups is 1. The number of amides is 4. The van der Waals surface area contributed by atoms with Gasteiger partial charge in [-0.3, -0.25) is 14.5 Å². The van der Waals surface area contributed by atoms with Gasteiger partial charge in [0.25, 0.3) is 5.91 Å². The minimum atomic E-state index is -1.82. The molecular weight excluding hydrogens is 460 g/mol. The quantitative estimate of drug-likeness (QED) is 0.672. The standard InChI is InChI=1S/C25H25F2N3O5/c1-25(17-13-16(26)6-7-18(17)27)23(32)30(24(33)28-25)14-22(31)29-9-2-4-19(29)15-5-8-20-21(12-15)35-11-3-10-34-20/h5-8,12-13,19H,2-4,9-11,14H2,1H3,(H,28,33)/t19-,25+/m0/s1. The number of benzene rings is 2. The third-order valence-electron chi connectivity index (χ3n) is 6.76. The highest BCUT2D eigenvalue weighted by Gasteiger charge is 2.51. The summed E-state index contributed by atoms with van der Waals surface area (Å²) >= 11 is 0. The maximum atomic E-state index is 14.4. The van der Waals surface area contributed by atoms with E-state index in [1.54, 1.807) is 4.90 Å². The Morgan fingerprint density at radius 2 is 1.86 bits per heavy atom. The second-order valence-electron chi connectivity index (χ2n) is 9.07. The van der Waals surface area contributed by atoms with Crippen molar-refractivity contribution in [2.24, 2.45) is 0 Å². The number of fused-ring (bicyclic) bond motifs is 1. The van der Waals surface area contributed by atoms with E-state index in [1.807, 2.05) is 18.2 Å². The van der Waals surface area contributed by atoms with Crippen molar-refractivity contribution >= 4 is 17.8 Å². The van der Waals surface area contributed by atoms with Crippen LogP contribution in [0.25, 0.3) is 0 Å². The first-order valence-electron chi connectivity index (χ1n) is 11.6. The molecule has 0 aliphatic carbocycles. The van der Waals surface area contributed by atoms with Gasteiger partial charge in [0.05, 0.1) is 19.3 Å². The van der Waals surface area contributed by atoms with Gasteiger partial charge in [-0.05, 0) is 55.7 Å². The normalized spacial score (nSPS) is 23.9. The first-order valence-corrected chi connectivity index (χ1v) is 11.6. The molecule has 4 amide bonds. The fraction of sp³-hybridized carbons (Fsp3) is 0.400. The van der Waals surface area contributed by atoms with Gasteiger partial charge in [0, 0.05) is 18.5 Å². The summed E-state index contributed by atoms with van der Waals surface area (Å²) in [6.07, 6.45) is 2.26. The smallest absolute Gasteiger partial charge is 0.325 e. The Kier molecular flexibility index (Phi) is 5.82. The SMILES string of the molecule is C[C@]1(c2cc(F)ccc2F)NC(=O)N(CC(=O)N2CCC[C@H]2c2ccc3c(c2)OCCCO3)C1=O. The Bertz CT molecular complexity index is 1210. The molecule has 3 heterocycles. The van der Waals surface area contributed by atoms with Crippen LogP contribution < -0.4 is 14.8 Å². The average molecular weight is 485 g/mol. The number of likely N-dealkylation sites (tertiary alicyclic amines) is 1. The summed E-state index contributed by atoms with van der Waals surface area (Å²) < 4.78 is 39.6. The van der Waals surface area contributed by atoms with E-state index < -0.39 is 41.6 Å². The van der Waals surface area contributed by atoms with Gasteiger partial charge in [-0.2, -0.15) is 0 Å². The molecule has 2 aromatic rings. The second-order valence-corrected chi connectivity index (χ2v) is 9.07. The molecule has 10 heteroatoms. The average Bonchev–Trinajstić information content (AvgIpc) is 3.31. The molecule has 5 rings (SSSR count). The van der Waals surface area contributed by atoms with E-state index in [1.165, 1.54) is 6.92 Å². The number of hydrogen-bond donors (Lipinski definition) is 1. The van der Waals surface area contributed by atoms with Crippen molar-refractivity contribution in [3.8, 4) is 11.5 Å². The maximum absolute atomic E-state index is 14.4. The van der Waals surface area contributed by atoms with Crippen molar-refractivity contribution in [1.29, 1.82) is 0 Å². The lowest BCUT2D eigenvalue weighted by Crippen LogP contribution is -2.44. The van der Waals surface area contributed by atoms with Crippen LogP contribution in [0.15, 0.2) is 36.4 Å². The van der Waals surface area contributed by atoms with E-state index in [2.05, 4.69) is 5.32 Å². The zero-order valence-electron chi connectivity index (χ0n) is 19.2. The van der Waals surface area contributed by atoms with E-state index in [-0.39, 0.29) is 11.6 Å². The van der Waals surface area contributed by atoms with Gasteiger partial charge < -0.3 is 19.7 Å². The van der Waals surface area contributed by atoms with Crippen LogP contribution in [0.5, 0.6) is 11.5 Å². The van der Waals surface area contributed by atoms with Crippen molar-refractivity contribution in [3.05, 3.63) is 59.2 Å². The highest BCUT2D eigenvalue weighted by atomic mass is 19.1. The van der Waals surface area contributed by atoms with Gasteiger partial charge in [0.15, 0.2) is 11.5 Å². The lowest BCUT2D eigenvalue weighted by atomic mass is 9.91. The van der Waals surface area contributed by atoms with Crippen LogP contribution in [0.3, 0.4) is 0 Å². The fourth-order valence-corrected chi connectivity index (χ4v) is 4.93. The molecule has 3 aliphatic heterocycles. The van der Waals surface area contributed by atoms with Crippen LogP contribution in [0.4, 0.5) is 13.6 Å². The zero-order valence-corrected chi connectivity index (χ0v) is 19.2. The van der Waals surface area contributed by atoms with Crippen LogP contribution >= 0.6 is 0 Å². The molecule has 0 saturated carbocycles. The summed E-state index contributed by atoms with van der Waals surface area (Å²) in [6, 6.07) is 7.21.